The number of likely N-dealkylation sites (N-methyl/N-ethyl adjacent to an activating group) is 1. The number of hydrogen-bond acceptors (Lipinski definition) is 5. The quantitative estimate of drug-likeness (QED) is 0.0243. The van der Waals surface area contributed by atoms with Gasteiger partial charge in [0, 0.05) is 6.42 Å². The molecule has 0 aromatic rings. The Bertz CT molecular complexity index is 1300. The molecule has 364 valence electrons. The highest BCUT2D eigenvalue weighted by molar-refractivity contribution is 7.47. The lowest BCUT2D eigenvalue weighted by atomic mass is 10.1. The van der Waals surface area contributed by atoms with Gasteiger partial charge in [0.1, 0.15) is 13.2 Å². The number of phosphoric ester groups is 1. The van der Waals surface area contributed by atoms with Crippen molar-refractivity contribution in [3.8, 4) is 0 Å². The molecule has 0 fully saturated rings. The number of aliphatic hydroxyl groups excluding tert-OH is 1. The number of allylic oxidation sites excluding steroid dienone is 13. The van der Waals surface area contributed by atoms with Crippen LogP contribution in [0.3, 0.4) is 0 Å². The number of hydrogen-bond donors (Lipinski definition) is 3. The van der Waals surface area contributed by atoms with E-state index in [1.54, 1.807) is 6.08 Å². The van der Waals surface area contributed by atoms with Crippen LogP contribution in [0.4, 0.5) is 0 Å². The molecule has 0 aliphatic heterocycles. The summed E-state index contributed by atoms with van der Waals surface area (Å²) in [5.41, 5.74) is 0. The fourth-order valence-electron chi connectivity index (χ4n) is 6.85. The Labute approximate surface area is 388 Å². The number of rotatable bonds is 45. The van der Waals surface area contributed by atoms with Crippen molar-refractivity contribution >= 4 is 13.7 Å². The lowest BCUT2D eigenvalue weighted by Gasteiger charge is -2.25. The number of phosphoric acid groups is 1. The molecule has 8 nitrogen and oxygen atoms in total. The summed E-state index contributed by atoms with van der Waals surface area (Å²) in [6, 6.07) is -0.871. The first-order valence-corrected chi connectivity index (χ1v) is 27.0. The molecule has 0 heterocycles. The van der Waals surface area contributed by atoms with Gasteiger partial charge in [-0.05, 0) is 77.0 Å². The molecule has 0 bridgehead atoms. The smallest absolute Gasteiger partial charge is 0.387 e. The summed E-state index contributed by atoms with van der Waals surface area (Å²) in [6.45, 7) is 4.66. The van der Waals surface area contributed by atoms with Crippen molar-refractivity contribution in [2.75, 3.05) is 40.9 Å². The molecule has 0 spiro atoms. The third-order valence-corrected chi connectivity index (χ3v) is 11.8. The molecule has 3 atom stereocenters. The van der Waals surface area contributed by atoms with Crippen molar-refractivity contribution < 1.29 is 32.9 Å². The van der Waals surface area contributed by atoms with Crippen molar-refractivity contribution in [2.45, 2.75) is 212 Å². The lowest BCUT2D eigenvalue weighted by Crippen LogP contribution is -2.45. The molecule has 3 unspecified atom stereocenters. The lowest BCUT2D eigenvalue weighted by molar-refractivity contribution is -0.870. The van der Waals surface area contributed by atoms with Gasteiger partial charge in [0.2, 0.25) is 5.91 Å². The number of unbranched alkanes of at least 4 members (excludes halogenated alkanes) is 20. The van der Waals surface area contributed by atoms with Crippen molar-refractivity contribution in [1.82, 2.24) is 5.32 Å². The second-order valence-electron chi connectivity index (χ2n) is 18.2. The molecule has 0 aromatic carbocycles. The van der Waals surface area contributed by atoms with E-state index in [4.69, 9.17) is 9.05 Å². The molecule has 0 saturated heterocycles. The predicted octanol–water partition coefficient (Wildman–Crippen LogP) is 14.9. The maximum absolute atomic E-state index is 12.9. The molecule has 0 aromatic heterocycles. The number of quaternary nitrogens is 1. The Hall–Kier alpha value is -2.32. The highest BCUT2D eigenvalue weighted by atomic mass is 31.2. The summed E-state index contributed by atoms with van der Waals surface area (Å²) >= 11 is 0. The van der Waals surface area contributed by atoms with E-state index < -0.39 is 20.0 Å². The first-order valence-electron chi connectivity index (χ1n) is 25.5. The topological polar surface area (TPSA) is 105 Å². The molecule has 3 N–H and O–H groups in total. The van der Waals surface area contributed by atoms with Crippen LogP contribution in [0.15, 0.2) is 85.1 Å². The summed E-state index contributed by atoms with van der Waals surface area (Å²) in [4.78, 5) is 23.2. The van der Waals surface area contributed by atoms with Gasteiger partial charge in [-0.3, -0.25) is 13.8 Å². The summed E-state index contributed by atoms with van der Waals surface area (Å²) in [7, 11) is 1.54. The molecule has 0 aliphatic carbocycles. The van der Waals surface area contributed by atoms with Gasteiger partial charge < -0.3 is 19.8 Å². The van der Waals surface area contributed by atoms with Crippen LogP contribution in [0.2, 0.25) is 0 Å². The van der Waals surface area contributed by atoms with Gasteiger partial charge in [0.05, 0.1) is 39.9 Å². The summed E-state index contributed by atoms with van der Waals surface area (Å²) < 4.78 is 23.6. The monoisotopic (exact) mass is 902 g/mol. The zero-order valence-corrected chi connectivity index (χ0v) is 42.2. The maximum Gasteiger partial charge on any atom is 0.472 e. The van der Waals surface area contributed by atoms with Crippen molar-refractivity contribution in [3.63, 3.8) is 0 Å². The predicted molar refractivity (Wildman–Crippen MR) is 272 cm³/mol. The number of aliphatic hydroxyl groups is 1. The van der Waals surface area contributed by atoms with Crippen LogP contribution in [-0.4, -0.2) is 73.4 Å². The van der Waals surface area contributed by atoms with Crippen molar-refractivity contribution in [2.24, 2.45) is 0 Å². The zero-order valence-electron chi connectivity index (χ0n) is 41.3. The van der Waals surface area contributed by atoms with E-state index >= 15 is 0 Å². The van der Waals surface area contributed by atoms with Crippen LogP contribution in [0, 0.1) is 0 Å². The Morgan fingerprint density at radius 3 is 1.46 bits per heavy atom. The second kappa shape index (κ2) is 44.9. The summed E-state index contributed by atoms with van der Waals surface area (Å²) in [5, 5.41) is 13.9. The first kappa shape index (κ1) is 60.7. The number of nitrogens with one attached hydrogen (secondary N) is 1. The number of carbonyl (C=O) groups is 1. The van der Waals surface area contributed by atoms with Crippen molar-refractivity contribution in [1.29, 1.82) is 0 Å². The number of carbonyl (C=O) groups excluding carboxylic acids is 1. The van der Waals surface area contributed by atoms with E-state index in [1.807, 2.05) is 27.2 Å². The van der Waals surface area contributed by atoms with Crippen LogP contribution in [0.5, 0.6) is 0 Å². The molecule has 1 amide bonds. The van der Waals surface area contributed by atoms with Gasteiger partial charge in [0.15, 0.2) is 0 Å². The SMILES string of the molecule is CC/C=C\C/C=C\C/C=C\C/C=C\C/C=C\CCCCCCCCCCCC(=O)NC(COP(=O)(O)OCC[N+](C)(C)C)C(O)/C=C/CC/C=C/CCCCCCCCCCCC. The van der Waals surface area contributed by atoms with Gasteiger partial charge in [-0.15, -0.1) is 0 Å². The largest absolute Gasteiger partial charge is 0.472 e. The van der Waals surface area contributed by atoms with E-state index in [9.17, 15) is 19.4 Å². The normalized spacial score (nSPS) is 14.8. The Kier molecular flexibility index (Phi) is 43.2. The van der Waals surface area contributed by atoms with E-state index in [1.165, 1.54) is 103 Å². The third-order valence-electron chi connectivity index (χ3n) is 10.8. The molecule has 0 saturated carbocycles. The van der Waals surface area contributed by atoms with Gasteiger partial charge >= 0.3 is 7.82 Å². The fraction of sp³-hybridized carbons (Fsp3) is 0.722. The number of amides is 1. The van der Waals surface area contributed by atoms with Crippen LogP contribution in [0.1, 0.15) is 200 Å². The molecular weight excluding hydrogens is 804 g/mol. The van der Waals surface area contributed by atoms with E-state index in [0.717, 1.165) is 77.0 Å². The van der Waals surface area contributed by atoms with Crippen LogP contribution in [0.25, 0.3) is 0 Å². The van der Waals surface area contributed by atoms with E-state index in [0.29, 0.717) is 17.4 Å². The Balaban J connectivity index is 4.35. The van der Waals surface area contributed by atoms with Gasteiger partial charge in [0.25, 0.3) is 0 Å². The van der Waals surface area contributed by atoms with Crippen LogP contribution >= 0.6 is 7.82 Å². The molecular formula is C54H98N2O6P+. The van der Waals surface area contributed by atoms with Crippen LogP contribution in [-0.2, 0) is 18.4 Å². The van der Waals surface area contributed by atoms with Gasteiger partial charge in [-0.25, -0.2) is 4.57 Å². The van der Waals surface area contributed by atoms with Crippen molar-refractivity contribution in [3.05, 3.63) is 85.1 Å². The molecule has 9 heteroatoms. The third kappa shape index (κ3) is 47.5. The molecule has 0 rings (SSSR count). The van der Waals surface area contributed by atoms with E-state index in [2.05, 4.69) is 92.1 Å². The average molecular weight is 902 g/mol. The standard InChI is InChI=1S/C54H97N2O6P/c1-6-8-10-12-14-16-18-20-22-24-25-26-27-28-29-30-31-32-34-36-38-40-42-44-46-48-54(58)55-52(51-62-63(59,60)61-50-49-56(3,4)5)53(57)47-45-43-41-39-37-35-33-23-21-19-17-15-13-11-9-7-2/h8,10,14,16,20,22,25-26,28-29,37,39,45,47,52-53,57H,6-7,9,11-13,15,17-19,21,23-24,27,30-36,38,40-44,46,48-51H2,1-5H3,(H-,55,58,59,60)/p+1/b10-8-,16-14-,22-20-,26-25-,29-28-,39-37+,47-45+. The molecule has 0 aliphatic rings. The van der Waals surface area contributed by atoms with Gasteiger partial charge in [-0.2, -0.15) is 0 Å². The minimum absolute atomic E-state index is 0.0509. The summed E-state index contributed by atoms with van der Waals surface area (Å²) in [5.74, 6) is -0.197. The Morgan fingerprint density at radius 1 is 0.556 bits per heavy atom. The van der Waals surface area contributed by atoms with Crippen LogP contribution < -0.4 is 5.32 Å². The fourth-order valence-corrected chi connectivity index (χ4v) is 7.58. The average Bonchev–Trinajstić information content (AvgIpc) is 3.24. The minimum Gasteiger partial charge on any atom is -0.387 e. The highest BCUT2D eigenvalue weighted by Crippen LogP contribution is 2.43. The minimum atomic E-state index is -4.36. The zero-order chi connectivity index (χ0) is 46.4. The Morgan fingerprint density at radius 2 is 0.968 bits per heavy atom. The first-order chi connectivity index (χ1) is 30.5. The number of nitrogens with zero attached hydrogens (tertiary/aromatic N) is 1. The molecule has 0 radical (unpaired) electrons. The van der Waals surface area contributed by atoms with E-state index in [-0.39, 0.29) is 19.1 Å². The summed E-state index contributed by atoms with van der Waals surface area (Å²) in [6.07, 6.45) is 62.3. The second-order valence-corrected chi connectivity index (χ2v) is 19.6. The molecule has 63 heavy (non-hydrogen) atoms. The highest BCUT2D eigenvalue weighted by Gasteiger charge is 2.27. The van der Waals surface area contributed by atoms with Gasteiger partial charge in [-0.1, -0.05) is 202 Å². The maximum atomic E-state index is 12.9.